The quantitative estimate of drug-likeness (QED) is 0.504. The normalized spacial score (nSPS) is 46.6. The highest BCUT2D eigenvalue weighted by atomic mass is 16.5. The van der Waals surface area contributed by atoms with Crippen molar-refractivity contribution in [3.63, 3.8) is 0 Å². The van der Waals surface area contributed by atoms with E-state index in [0.29, 0.717) is 41.9 Å². The lowest BCUT2D eigenvalue weighted by molar-refractivity contribution is -0.199. The minimum Gasteiger partial charge on any atom is -0.468 e. The molecule has 0 aromatic heterocycles. The molecule has 1 amide bonds. The van der Waals surface area contributed by atoms with Crippen LogP contribution in [0.5, 0.6) is 0 Å². The molecule has 4 fully saturated rings. The summed E-state index contributed by atoms with van der Waals surface area (Å²) in [6.45, 7) is 9.39. The lowest BCUT2D eigenvalue weighted by atomic mass is 9.42. The molecule has 0 saturated heterocycles. The average molecular weight is 478 g/mol. The number of nitrogens with one attached hydrogen (secondary N) is 1. The van der Waals surface area contributed by atoms with Crippen molar-refractivity contribution in [3.05, 3.63) is 0 Å². The number of rotatable bonds is 6. The van der Waals surface area contributed by atoms with Crippen LogP contribution in [0.3, 0.4) is 0 Å². The van der Waals surface area contributed by atoms with E-state index in [2.05, 4.69) is 37.7 Å². The summed E-state index contributed by atoms with van der Waals surface area (Å²) in [5.41, 5.74) is 0.437. The lowest BCUT2D eigenvalue weighted by Crippen LogP contribution is -2.61. The molecule has 4 aliphatic rings. The highest BCUT2D eigenvalue weighted by molar-refractivity contribution is 5.81. The number of aliphatic hydroxyl groups is 2. The Labute approximate surface area is 205 Å². The van der Waals surface area contributed by atoms with Crippen LogP contribution in [0, 0.1) is 52.3 Å². The van der Waals surface area contributed by atoms with Gasteiger partial charge < -0.3 is 20.3 Å². The smallest absolute Gasteiger partial charge is 0.325 e. The third-order valence-corrected chi connectivity index (χ3v) is 11.4. The largest absolute Gasteiger partial charge is 0.468 e. The van der Waals surface area contributed by atoms with Crippen LogP contribution in [0.1, 0.15) is 85.5 Å². The van der Waals surface area contributed by atoms with Crippen molar-refractivity contribution in [1.82, 2.24) is 5.32 Å². The van der Waals surface area contributed by atoms with Crippen molar-refractivity contribution in [2.45, 2.75) is 97.7 Å². The zero-order chi connectivity index (χ0) is 24.8. The third kappa shape index (κ3) is 4.31. The molecule has 11 atom stereocenters. The molecular formula is C28H47NO5. The van der Waals surface area contributed by atoms with Gasteiger partial charge in [0, 0.05) is 6.42 Å². The number of aliphatic hydroxyl groups excluding tert-OH is 2. The third-order valence-electron chi connectivity index (χ3n) is 11.4. The summed E-state index contributed by atoms with van der Waals surface area (Å²) in [6, 6.07) is 0. The molecule has 0 bridgehead atoms. The molecule has 0 aliphatic heterocycles. The minimum atomic E-state index is -0.423. The van der Waals surface area contributed by atoms with E-state index in [-0.39, 0.29) is 41.4 Å². The molecule has 4 aliphatic carbocycles. The van der Waals surface area contributed by atoms with E-state index >= 15 is 0 Å². The number of esters is 1. The molecule has 6 heteroatoms. The summed E-state index contributed by atoms with van der Waals surface area (Å²) in [5.74, 6) is 2.57. The van der Waals surface area contributed by atoms with Gasteiger partial charge in [-0.05, 0) is 104 Å². The highest BCUT2D eigenvalue weighted by Gasteiger charge is 2.64. The predicted molar refractivity (Wildman–Crippen MR) is 131 cm³/mol. The van der Waals surface area contributed by atoms with Gasteiger partial charge in [-0.1, -0.05) is 27.7 Å². The van der Waals surface area contributed by atoms with Gasteiger partial charge in [0.2, 0.25) is 5.91 Å². The SMILES string of the molecule is COC(=O)CNC(=O)CC[C@@H](C)[C@H]1CC[C@H]2[C@@H]3[C@H](O)[C@H](C)C4C[C@H](O)CC[C@]4(C)[C@H]3CC[C@]12C. The van der Waals surface area contributed by atoms with Crippen LogP contribution in [-0.2, 0) is 14.3 Å². The molecule has 4 saturated carbocycles. The van der Waals surface area contributed by atoms with Gasteiger partial charge in [0.1, 0.15) is 6.54 Å². The number of methoxy groups -OCH3 is 1. The maximum absolute atomic E-state index is 12.2. The minimum absolute atomic E-state index is 0.0666. The fourth-order valence-electron chi connectivity index (χ4n) is 9.51. The number of fused-ring (bicyclic) bond motifs is 5. The summed E-state index contributed by atoms with van der Waals surface area (Å²) in [7, 11) is 1.32. The zero-order valence-electron chi connectivity index (χ0n) is 21.9. The van der Waals surface area contributed by atoms with Gasteiger partial charge in [0.25, 0.3) is 0 Å². The molecule has 4 rings (SSSR count). The fraction of sp³-hybridized carbons (Fsp3) is 0.929. The molecule has 0 aromatic rings. The molecule has 1 unspecified atom stereocenters. The van der Waals surface area contributed by atoms with Crippen molar-refractivity contribution >= 4 is 11.9 Å². The van der Waals surface area contributed by atoms with Crippen LogP contribution < -0.4 is 5.32 Å². The molecule has 194 valence electrons. The molecule has 3 N–H and O–H groups in total. The van der Waals surface area contributed by atoms with Gasteiger partial charge in [0.05, 0.1) is 19.3 Å². The van der Waals surface area contributed by atoms with Gasteiger partial charge in [-0.25, -0.2) is 0 Å². The monoisotopic (exact) mass is 477 g/mol. The number of ether oxygens (including phenoxy) is 1. The summed E-state index contributed by atoms with van der Waals surface area (Å²) in [6.07, 6.45) is 8.33. The molecule has 0 aromatic carbocycles. The number of hydrogen-bond acceptors (Lipinski definition) is 5. The van der Waals surface area contributed by atoms with Gasteiger partial charge in [-0.2, -0.15) is 0 Å². The Morgan fingerprint density at radius 3 is 2.41 bits per heavy atom. The van der Waals surface area contributed by atoms with Crippen LogP contribution in [-0.4, -0.2) is 48.0 Å². The first-order valence-electron chi connectivity index (χ1n) is 13.7. The van der Waals surface area contributed by atoms with Gasteiger partial charge in [0.15, 0.2) is 0 Å². The molecule has 0 spiro atoms. The van der Waals surface area contributed by atoms with Gasteiger partial charge in [-0.3, -0.25) is 9.59 Å². The van der Waals surface area contributed by atoms with E-state index in [1.807, 2.05) is 0 Å². The van der Waals surface area contributed by atoms with E-state index in [1.54, 1.807) is 0 Å². The Morgan fingerprint density at radius 1 is 1.03 bits per heavy atom. The molecule has 0 heterocycles. The standard InChI is InChI=1S/C28H47NO5/c1-16(6-9-23(31)29-15-24(32)34-5)19-7-8-20-25-21(11-13-27(19,20)3)28(4)12-10-18(30)14-22(28)17(2)26(25)33/h16-22,25-26,30,33H,6-15H2,1-5H3,(H,29,31)/t16-,17-,18-,19-,20+,21+,22?,25+,26-,27-,28-/m1/s1. The predicted octanol–water partition coefficient (Wildman–Crippen LogP) is 3.93. The van der Waals surface area contributed by atoms with E-state index in [0.717, 1.165) is 25.7 Å². The van der Waals surface area contributed by atoms with Crippen molar-refractivity contribution in [2.75, 3.05) is 13.7 Å². The van der Waals surface area contributed by atoms with Crippen molar-refractivity contribution in [2.24, 2.45) is 52.3 Å². The first-order chi connectivity index (χ1) is 16.0. The maximum atomic E-state index is 12.2. The second-order valence-electron chi connectivity index (χ2n) is 12.8. The van der Waals surface area contributed by atoms with Crippen LogP contribution >= 0.6 is 0 Å². The molecule has 34 heavy (non-hydrogen) atoms. The van der Waals surface area contributed by atoms with E-state index in [1.165, 1.54) is 32.8 Å². The van der Waals surface area contributed by atoms with Crippen LogP contribution in [0.2, 0.25) is 0 Å². The second kappa shape index (κ2) is 9.72. The summed E-state index contributed by atoms with van der Waals surface area (Å²) in [5, 5.41) is 24.7. The molecule has 0 radical (unpaired) electrons. The topological polar surface area (TPSA) is 95.9 Å². The number of amides is 1. The zero-order valence-corrected chi connectivity index (χ0v) is 21.9. The number of carbonyl (C=O) groups is 2. The van der Waals surface area contributed by atoms with E-state index < -0.39 is 5.97 Å². The van der Waals surface area contributed by atoms with Crippen LogP contribution in [0.15, 0.2) is 0 Å². The summed E-state index contributed by atoms with van der Waals surface area (Å²) in [4.78, 5) is 23.5. The van der Waals surface area contributed by atoms with E-state index in [4.69, 9.17) is 0 Å². The highest BCUT2D eigenvalue weighted by Crippen LogP contribution is 2.69. The Morgan fingerprint density at radius 2 is 1.71 bits per heavy atom. The van der Waals surface area contributed by atoms with Gasteiger partial charge in [-0.15, -0.1) is 0 Å². The number of carbonyl (C=O) groups excluding carboxylic acids is 2. The van der Waals surface area contributed by atoms with Gasteiger partial charge >= 0.3 is 5.97 Å². The first-order valence-corrected chi connectivity index (χ1v) is 13.7. The van der Waals surface area contributed by atoms with Crippen LogP contribution in [0.4, 0.5) is 0 Å². The Balaban J connectivity index is 1.44. The summed E-state index contributed by atoms with van der Waals surface area (Å²) >= 11 is 0. The first kappa shape index (κ1) is 25.9. The molecule has 6 nitrogen and oxygen atoms in total. The average Bonchev–Trinajstić information content (AvgIpc) is 3.17. The lowest BCUT2D eigenvalue weighted by Gasteiger charge is -2.64. The maximum Gasteiger partial charge on any atom is 0.325 e. The Kier molecular flexibility index (Phi) is 7.42. The Hall–Kier alpha value is -1.14. The summed E-state index contributed by atoms with van der Waals surface area (Å²) < 4.78 is 4.60. The van der Waals surface area contributed by atoms with Crippen molar-refractivity contribution < 1.29 is 24.5 Å². The van der Waals surface area contributed by atoms with Crippen molar-refractivity contribution in [3.8, 4) is 0 Å². The fourth-order valence-corrected chi connectivity index (χ4v) is 9.51. The molecular weight excluding hydrogens is 430 g/mol. The Bertz CT molecular complexity index is 772. The van der Waals surface area contributed by atoms with E-state index in [9.17, 15) is 19.8 Å². The second-order valence-corrected chi connectivity index (χ2v) is 12.8. The number of hydrogen-bond donors (Lipinski definition) is 3. The van der Waals surface area contributed by atoms with Crippen LogP contribution in [0.25, 0.3) is 0 Å². The van der Waals surface area contributed by atoms with Crippen molar-refractivity contribution in [1.29, 1.82) is 0 Å².